The average Bonchev–Trinajstić information content (AvgIpc) is 3.45. The van der Waals surface area contributed by atoms with Crippen LogP contribution in [0.25, 0.3) is 5.57 Å². The molecule has 1 amide bonds. The fourth-order valence-electron chi connectivity index (χ4n) is 7.96. The second-order valence-corrected chi connectivity index (χ2v) is 13.5. The molecule has 3 aliphatic heterocycles. The van der Waals surface area contributed by atoms with Crippen molar-refractivity contribution in [3.8, 4) is 0 Å². The second-order valence-electron chi connectivity index (χ2n) is 13.5. The van der Waals surface area contributed by atoms with Crippen LogP contribution in [0, 0.1) is 0 Å². The number of piperidine rings is 2. The van der Waals surface area contributed by atoms with Crippen LogP contribution in [0.1, 0.15) is 80.2 Å². The number of aldehydes is 1. The number of aryl methyl sites for hydroxylation is 1. The standard InChI is InChI=1S/C39H36F6N4O2/c40-38(41,42)29-19-28(20-30(21-29)39(43,44)45)37(51)49-17-13-31(22-32(49)18-25-6-2-1-3-7-25)47-14-10-27(11-15-47)35-34-9-5-4-8-26(34)12-16-48-33(24-50)23-46-36(35)48/h1-9,19-21,23-24,31-32H,10-18,22H2. The van der Waals surface area contributed by atoms with Crippen molar-refractivity contribution >= 4 is 17.8 Å². The first-order chi connectivity index (χ1) is 24.4. The SMILES string of the molecule is O=Cc1cnc2n1CCc1ccccc1C2=C1CCN(C2CCN(C(=O)c3cc(C(F)(F)F)cc(C(F)(F)F)c3)C(Cc3ccccc3)C2)CC1. The molecule has 0 aliphatic carbocycles. The summed E-state index contributed by atoms with van der Waals surface area (Å²) < 4.78 is 84.0. The summed E-state index contributed by atoms with van der Waals surface area (Å²) in [6.07, 6.45) is -3.87. The molecule has 0 spiro atoms. The van der Waals surface area contributed by atoms with E-state index in [1.807, 2.05) is 47.0 Å². The number of nitrogens with zero attached hydrogens (tertiary/aromatic N) is 4. The van der Waals surface area contributed by atoms with Gasteiger partial charge in [-0.3, -0.25) is 14.5 Å². The number of amides is 1. The minimum atomic E-state index is -5.05. The Kier molecular flexibility index (Phi) is 9.38. The molecule has 6 nitrogen and oxygen atoms in total. The molecule has 0 saturated carbocycles. The Hall–Kier alpha value is -4.71. The largest absolute Gasteiger partial charge is 0.416 e. The summed E-state index contributed by atoms with van der Waals surface area (Å²) in [6, 6.07) is 18.4. The topological polar surface area (TPSA) is 58.4 Å². The van der Waals surface area contributed by atoms with Crippen molar-refractivity contribution in [3.05, 3.63) is 129 Å². The smallest absolute Gasteiger partial charge is 0.335 e. The average molecular weight is 707 g/mol. The van der Waals surface area contributed by atoms with Crippen LogP contribution in [0.2, 0.25) is 0 Å². The predicted molar refractivity (Wildman–Crippen MR) is 179 cm³/mol. The lowest BCUT2D eigenvalue weighted by atomic mass is 9.87. The molecule has 2 saturated heterocycles. The molecule has 4 heterocycles. The second kappa shape index (κ2) is 13.8. The molecule has 4 aromatic rings. The van der Waals surface area contributed by atoms with Crippen LogP contribution in [0.3, 0.4) is 0 Å². The Morgan fingerprint density at radius 2 is 1.49 bits per heavy atom. The van der Waals surface area contributed by atoms with Gasteiger partial charge < -0.3 is 9.47 Å². The van der Waals surface area contributed by atoms with Crippen LogP contribution < -0.4 is 0 Å². The minimum Gasteiger partial charge on any atom is -0.335 e. The van der Waals surface area contributed by atoms with Crippen LogP contribution in [-0.2, 0) is 31.7 Å². The Morgan fingerprint density at radius 1 is 0.824 bits per heavy atom. The molecule has 7 rings (SSSR count). The van der Waals surface area contributed by atoms with Crippen LogP contribution >= 0.6 is 0 Å². The molecule has 2 atom stereocenters. The Labute approximate surface area is 291 Å². The summed E-state index contributed by atoms with van der Waals surface area (Å²) in [5.41, 5.74) is 2.48. The van der Waals surface area contributed by atoms with Crippen LogP contribution in [0.15, 0.2) is 84.6 Å². The summed E-state index contributed by atoms with van der Waals surface area (Å²) in [4.78, 5) is 34.2. The molecule has 0 N–H and O–H groups in total. The van der Waals surface area contributed by atoms with Crippen LogP contribution in [-0.4, -0.2) is 63.3 Å². The van der Waals surface area contributed by atoms with Gasteiger partial charge in [-0.15, -0.1) is 0 Å². The van der Waals surface area contributed by atoms with Crippen molar-refractivity contribution < 1.29 is 35.9 Å². The predicted octanol–water partition coefficient (Wildman–Crippen LogP) is 8.10. The maximum atomic E-state index is 13.9. The van der Waals surface area contributed by atoms with Crippen molar-refractivity contribution in [3.63, 3.8) is 0 Å². The van der Waals surface area contributed by atoms with E-state index in [9.17, 15) is 35.9 Å². The van der Waals surface area contributed by atoms with Gasteiger partial charge in [0.15, 0.2) is 6.29 Å². The molecule has 0 bridgehead atoms. The maximum Gasteiger partial charge on any atom is 0.416 e. The molecule has 0 radical (unpaired) electrons. The zero-order valence-electron chi connectivity index (χ0n) is 27.7. The van der Waals surface area contributed by atoms with Gasteiger partial charge in [0.25, 0.3) is 5.91 Å². The number of aromatic nitrogens is 2. The molecule has 266 valence electrons. The number of likely N-dealkylation sites (tertiary alicyclic amines) is 2. The van der Waals surface area contributed by atoms with Crippen LogP contribution in [0.4, 0.5) is 26.3 Å². The van der Waals surface area contributed by atoms with E-state index in [-0.39, 0.29) is 18.7 Å². The van der Waals surface area contributed by atoms with Gasteiger partial charge in [-0.25, -0.2) is 4.98 Å². The number of halogens is 6. The number of imidazole rings is 1. The van der Waals surface area contributed by atoms with Gasteiger partial charge in [-0.1, -0.05) is 60.2 Å². The van der Waals surface area contributed by atoms with Crippen molar-refractivity contribution in [2.45, 2.75) is 69.5 Å². The normalized spacial score (nSPS) is 20.1. The van der Waals surface area contributed by atoms with Crippen molar-refractivity contribution in [1.82, 2.24) is 19.4 Å². The molecule has 2 unspecified atom stereocenters. The summed E-state index contributed by atoms with van der Waals surface area (Å²) >= 11 is 0. The molecular weight excluding hydrogens is 670 g/mol. The Morgan fingerprint density at radius 3 is 2.16 bits per heavy atom. The van der Waals surface area contributed by atoms with E-state index >= 15 is 0 Å². The van der Waals surface area contributed by atoms with Gasteiger partial charge in [0.1, 0.15) is 11.5 Å². The lowest BCUT2D eigenvalue weighted by Crippen LogP contribution is -2.53. The summed E-state index contributed by atoms with van der Waals surface area (Å²) in [5, 5.41) is 0. The number of hydrogen-bond donors (Lipinski definition) is 0. The lowest BCUT2D eigenvalue weighted by Gasteiger charge is -2.45. The third-order valence-electron chi connectivity index (χ3n) is 10.5. The highest BCUT2D eigenvalue weighted by atomic mass is 19.4. The van der Waals surface area contributed by atoms with Gasteiger partial charge in [-0.2, -0.15) is 26.3 Å². The van der Waals surface area contributed by atoms with E-state index in [0.717, 1.165) is 61.2 Å². The zero-order chi connectivity index (χ0) is 35.9. The molecule has 51 heavy (non-hydrogen) atoms. The number of fused-ring (bicyclic) bond motifs is 2. The molecular formula is C39H36F6N4O2. The summed E-state index contributed by atoms with van der Waals surface area (Å²) in [6.45, 7) is 2.33. The molecule has 3 aromatic carbocycles. The highest BCUT2D eigenvalue weighted by molar-refractivity contribution is 5.95. The monoisotopic (exact) mass is 706 g/mol. The van der Waals surface area contributed by atoms with Crippen molar-refractivity contribution in [2.24, 2.45) is 0 Å². The van der Waals surface area contributed by atoms with E-state index in [4.69, 9.17) is 0 Å². The quantitative estimate of drug-likeness (QED) is 0.156. The molecule has 1 aromatic heterocycles. The number of carbonyl (C=O) groups excluding carboxylic acids is 2. The van der Waals surface area contributed by atoms with E-state index in [1.54, 1.807) is 6.20 Å². The number of carbonyl (C=O) groups is 2. The van der Waals surface area contributed by atoms with Crippen molar-refractivity contribution in [1.29, 1.82) is 0 Å². The van der Waals surface area contributed by atoms with Gasteiger partial charge in [0.2, 0.25) is 0 Å². The van der Waals surface area contributed by atoms with E-state index < -0.39 is 41.0 Å². The van der Waals surface area contributed by atoms with Gasteiger partial charge in [0.05, 0.1) is 17.3 Å². The third-order valence-corrected chi connectivity index (χ3v) is 10.5. The third kappa shape index (κ3) is 7.11. The minimum absolute atomic E-state index is 0.0482. The first kappa shape index (κ1) is 34.7. The summed E-state index contributed by atoms with van der Waals surface area (Å²) in [7, 11) is 0. The molecule has 12 heteroatoms. The van der Waals surface area contributed by atoms with Gasteiger partial charge in [-0.05, 0) is 73.4 Å². The van der Waals surface area contributed by atoms with Gasteiger partial charge in [0, 0.05) is 49.4 Å². The Balaban J connectivity index is 1.15. The van der Waals surface area contributed by atoms with Crippen molar-refractivity contribution in [2.75, 3.05) is 19.6 Å². The first-order valence-electron chi connectivity index (χ1n) is 17.1. The van der Waals surface area contributed by atoms with Crippen LogP contribution in [0.5, 0.6) is 0 Å². The molecule has 2 fully saturated rings. The fraction of sp³-hybridized carbons (Fsp3) is 0.359. The number of hydrogen-bond acceptors (Lipinski definition) is 4. The maximum absolute atomic E-state index is 13.9. The van der Waals surface area contributed by atoms with Gasteiger partial charge >= 0.3 is 12.4 Å². The highest BCUT2D eigenvalue weighted by Crippen LogP contribution is 2.39. The number of benzene rings is 3. The lowest BCUT2D eigenvalue weighted by molar-refractivity contribution is -0.143. The van der Waals surface area contributed by atoms with E-state index in [1.165, 1.54) is 16.0 Å². The summed E-state index contributed by atoms with van der Waals surface area (Å²) in [5.74, 6) is -0.0441. The Bertz CT molecular complexity index is 1920. The highest BCUT2D eigenvalue weighted by Gasteiger charge is 2.40. The van der Waals surface area contributed by atoms with E-state index in [0.29, 0.717) is 43.6 Å². The molecule has 3 aliphatic rings. The first-order valence-corrected chi connectivity index (χ1v) is 17.1. The number of rotatable bonds is 5. The van der Waals surface area contributed by atoms with E-state index in [2.05, 4.69) is 22.0 Å². The zero-order valence-corrected chi connectivity index (χ0v) is 27.7. The number of alkyl halides is 6. The fourth-order valence-corrected chi connectivity index (χ4v) is 7.96.